The molecule has 0 spiro atoms. The third-order valence-corrected chi connectivity index (χ3v) is 3.71. The van der Waals surface area contributed by atoms with Gasteiger partial charge >= 0.3 is 0 Å². The summed E-state index contributed by atoms with van der Waals surface area (Å²) in [4.78, 5) is 24.4. The molecule has 3 N–H and O–H groups in total. The van der Waals surface area contributed by atoms with Gasteiger partial charge in [0.15, 0.2) is 6.10 Å². The van der Waals surface area contributed by atoms with Crippen LogP contribution in [0.15, 0.2) is 54.6 Å². The van der Waals surface area contributed by atoms with E-state index in [1.165, 1.54) is 0 Å². The predicted octanol–water partition coefficient (Wildman–Crippen LogP) is 2.25. The summed E-state index contributed by atoms with van der Waals surface area (Å²) >= 11 is 0. The molecule has 0 saturated heterocycles. The molecular weight excluding hydrogens is 292 g/mol. The van der Waals surface area contributed by atoms with Crippen LogP contribution in [0, 0.1) is 0 Å². The minimum atomic E-state index is -1.28. The lowest BCUT2D eigenvalue weighted by molar-refractivity contribution is -0.124. The molecule has 0 aliphatic heterocycles. The monoisotopic (exact) mass is 310 g/mol. The van der Waals surface area contributed by atoms with Crippen molar-refractivity contribution in [2.45, 2.75) is 25.0 Å². The molecule has 2 aromatic carbocycles. The minimum Gasteiger partial charge on any atom is -0.378 e. The summed E-state index contributed by atoms with van der Waals surface area (Å²) in [6.07, 6.45) is 0.704. The Kier molecular flexibility index (Phi) is 4.39. The number of benzene rings is 2. The van der Waals surface area contributed by atoms with Crippen LogP contribution in [0.5, 0.6) is 0 Å². The van der Waals surface area contributed by atoms with Gasteiger partial charge in [-0.25, -0.2) is 0 Å². The Hall–Kier alpha value is -2.66. The summed E-state index contributed by atoms with van der Waals surface area (Å²) in [7, 11) is 0. The van der Waals surface area contributed by atoms with Crippen molar-refractivity contribution in [3.63, 3.8) is 0 Å². The summed E-state index contributed by atoms with van der Waals surface area (Å²) in [5, 5.41) is 15.6. The molecular formula is C18H18N2O3. The molecule has 0 heterocycles. The number of carbonyl (C=O) groups is 2. The van der Waals surface area contributed by atoms with Crippen LogP contribution >= 0.6 is 0 Å². The van der Waals surface area contributed by atoms with Gasteiger partial charge in [-0.15, -0.1) is 0 Å². The molecule has 1 fully saturated rings. The lowest BCUT2D eigenvalue weighted by atomic mass is 10.1. The largest absolute Gasteiger partial charge is 0.378 e. The van der Waals surface area contributed by atoms with E-state index in [1.54, 1.807) is 48.5 Å². The van der Waals surface area contributed by atoms with Crippen molar-refractivity contribution in [3.05, 3.63) is 65.7 Å². The van der Waals surface area contributed by atoms with E-state index in [-0.39, 0.29) is 11.9 Å². The van der Waals surface area contributed by atoms with Gasteiger partial charge in [0.1, 0.15) is 0 Å². The fourth-order valence-electron chi connectivity index (χ4n) is 2.27. The van der Waals surface area contributed by atoms with E-state index in [0.29, 0.717) is 16.8 Å². The van der Waals surface area contributed by atoms with Gasteiger partial charge in [0.05, 0.1) is 11.3 Å². The second kappa shape index (κ2) is 6.62. The molecule has 2 aromatic rings. The maximum absolute atomic E-state index is 12.2. The molecule has 3 rings (SSSR count). The Bertz CT molecular complexity index is 711. The molecule has 118 valence electrons. The molecule has 1 aliphatic carbocycles. The Labute approximate surface area is 134 Å². The van der Waals surface area contributed by atoms with Crippen molar-refractivity contribution in [2.24, 2.45) is 0 Å². The van der Waals surface area contributed by atoms with Gasteiger partial charge in [0.25, 0.3) is 11.8 Å². The lowest BCUT2D eigenvalue weighted by Gasteiger charge is -2.14. The number of aliphatic hydroxyl groups is 1. The smallest absolute Gasteiger partial charge is 0.257 e. The van der Waals surface area contributed by atoms with Gasteiger partial charge in [-0.1, -0.05) is 42.5 Å². The second-order valence-electron chi connectivity index (χ2n) is 5.60. The molecule has 1 aliphatic rings. The van der Waals surface area contributed by atoms with Crippen LogP contribution in [-0.4, -0.2) is 23.0 Å². The third kappa shape index (κ3) is 3.76. The normalized spacial score (nSPS) is 14.8. The maximum atomic E-state index is 12.2. The van der Waals surface area contributed by atoms with Gasteiger partial charge in [-0.3, -0.25) is 9.59 Å². The molecule has 1 unspecified atom stereocenters. The molecule has 0 radical (unpaired) electrons. The predicted molar refractivity (Wildman–Crippen MR) is 87.0 cm³/mol. The van der Waals surface area contributed by atoms with Crippen molar-refractivity contribution >= 4 is 17.5 Å². The summed E-state index contributed by atoms with van der Waals surface area (Å²) in [5.74, 6) is -0.777. The van der Waals surface area contributed by atoms with Crippen LogP contribution in [0.2, 0.25) is 0 Å². The van der Waals surface area contributed by atoms with Crippen LogP contribution in [0.25, 0.3) is 0 Å². The first kappa shape index (κ1) is 15.2. The topological polar surface area (TPSA) is 78.4 Å². The molecule has 2 amide bonds. The van der Waals surface area contributed by atoms with E-state index in [2.05, 4.69) is 10.6 Å². The Morgan fingerprint density at radius 1 is 1.00 bits per heavy atom. The number of hydrogen-bond donors (Lipinski definition) is 3. The van der Waals surface area contributed by atoms with Crippen molar-refractivity contribution in [2.75, 3.05) is 5.32 Å². The number of anilines is 1. The first-order valence-electron chi connectivity index (χ1n) is 7.59. The molecule has 1 saturated carbocycles. The quantitative estimate of drug-likeness (QED) is 0.792. The number of rotatable bonds is 5. The molecule has 5 heteroatoms. The Balaban J connectivity index is 1.74. The molecule has 23 heavy (non-hydrogen) atoms. The van der Waals surface area contributed by atoms with Crippen LogP contribution < -0.4 is 10.6 Å². The van der Waals surface area contributed by atoms with Gasteiger partial charge in [0, 0.05) is 6.04 Å². The average molecular weight is 310 g/mol. The fraction of sp³-hybridized carbons (Fsp3) is 0.222. The van der Waals surface area contributed by atoms with Crippen molar-refractivity contribution in [1.29, 1.82) is 0 Å². The van der Waals surface area contributed by atoms with E-state index in [1.807, 2.05) is 6.07 Å². The lowest BCUT2D eigenvalue weighted by Crippen LogP contribution is -2.28. The van der Waals surface area contributed by atoms with E-state index in [4.69, 9.17) is 0 Å². The van der Waals surface area contributed by atoms with Gasteiger partial charge < -0.3 is 15.7 Å². The standard InChI is InChI=1S/C18H18N2O3/c21-16(12-6-2-1-3-7-12)18(23)20-15-9-5-4-8-14(15)17(22)19-13-10-11-13/h1-9,13,16,21H,10-11H2,(H,19,22)(H,20,23). The van der Waals surface area contributed by atoms with Gasteiger partial charge in [-0.05, 0) is 30.5 Å². The molecule has 1 atom stereocenters. The number of amides is 2. The Morgan fingerprint density at radius 2 is 1.65 bits per heavy atom. The number of nitrogens with one attached hydrogen (secondary N) is 2. The molecule has 0 aromatic heterocycles. The highest BCUT2D eigenvalue weighted by atomic mass is 16.3. The minimum absolute atomic E-state index is 0.211. The number of aliphatic hydroxyl groups excluding tert-OH is 1. The molecule has 5 nitrogen and oxygen atoms in total. The van der Waals surface area contributed by atoms with Crippen molar-refractivity contribution in [1.82, 2.24) is 5.32 Å². The van der Waals surface area contributed by atoms with Crippen molar-refractivity contribution < 1.29 is 14.7 Å². The van der Waals surface area contributed by atoms with Crippen LogP contribution in [-0.2, 0) is 4.79 Å². The molecule has 0 bridgehead atoms. The van der Waals surface area contributed by atoms with Gasteiger partial charge in [-0.2, -0.15) is 0 Å². The first-order chi connectivity index (χ1) is 11.1. The fourth-order valence-corrected chi connectivity index (χ4v) is 2.27. The zero-order valence-corrected chi connectivity index (χ0v) is 12.5. The highest BCUT2D eigenvalue weighted by molar-refractivity contribution is 6.04. The van der Waals surface area contributed by atoms with Crippen LogP contribution in [0.4, 0.5) is 5.69 Å². The average Bonchev–Trinajstić information content (AvgIpc) is 3.39. The summed E-state index contributed by atoms with van der Waals surface area (Å²) < 4.78 is 0. The summed E-state index contributed by atoms with van der Waals surface area (Å²) in [6, 6.07) is 15.7. The van der Waals surface area contributed by atoms with Gasteiger partial charge in [0.2, 0.25) is 0 Å². The zero-order chi connectivity index (χ0) is 16.2. The summed E-state index contributed by atoms with van der Waals surface area (Å²) in [6.45, 7) is 0. The first-order valence-corrected chi connectivity index (χ1v) is 7.59. The Morgan fingerprint density at radius 3 is 2.35 bits per heavy atom. The number of carbonyl (C=O) groups excluding carboxylic acids is 2. The highest BCUT2D eigenvalue weighted by Crippen LogP contribution is 2.22. The SMILES string of the molecule is O=C(NC1CC1)c1ccccc1NC(=O)C(O)c1ccccc1. The zero-order valence-electron chi connectivity index (χ0n) is 12.5. The van der Waals surface area contributed by atoms with E-state index >= 15 is 0 Å². The second-order valence-corrected chi connectivity index (χ2v) is 5.60. The van der Waals surface area contributed by atoms with Crippen molar-refractivity contribution in [3.8, 4) is 0 Å². The summed E-state index contributed by atoms with van der Waals surface area (Å²) in [5.41, 5.74) is 1.29. The van der Waals surface area contributed by atoms with E-state index in [9.17, 15) is 14.7 Å². The van der Waals surface area contributed by atoms with Crippen LogP contribution in [0.1, 0.15) is 34.9 Å². The highest BCUT2D eigenvalue weighted by Gasteiger charge is 2.25. The maximum Gasteiger partial charge on any atom is 0.257 e. The van der Waals surface area contributed by atoms with E-state index in [0.717, 1.165) is 12.8 Å². The number of hydrogen-bond acceptors (Lipinski definition) is 3. The van der Waals surface area contributed by atoms with Crippen LogP contribution in [0.3, 0.4) is 0 Å². The number of para-hydroxylation sites is 1. The third-order valence-electron chi connectivity index (χ3n) is 3.71. The van der Waals surface area contributed by atoms with E-state index < -0.39 is 12.0 Å².